The first-order valence-corrected chi connectivity index (χ1v) is 13.3. The van der Waals surface area contributed by atoms with Crippen LogP contribution in [0, 0.1) is 11.6 Å². The summed E-state index contributed by atoms with van der Waals surface area (Å²) in [5, 5.41) is 0. The monoisotopic (exact) mass is 538 g/mol. The lowest BCUT2D eigenvalue weighted by atomic mass is 10.1. The van der Waals surface area contributed by atoms with Crippen LogP contribution in [0.15, 0.2) is 82.6 Å². The number of pyridine rings is 1. The fraction of sp³-hybridized carbons (Fsp3) is 0.179. The maximum absolute atomic E-state index is 14.5. The Labute approximate surface area is 218 Å². The SMILES string of the molecule is CCOc1cc(=O)n(C)cc1-c1cc(S(=O)(=O)N2CCc3ccccc32)ccc1Oc1ccc(F)cc1F. The third-order valence-electron chi connectivity index (χ3n) is 6.28. The summed E-state index contributed by atoms with van der Waals surface area (Å²) in [4.78, 5) is 12.3. The van der Waals surface area contributed by atoms with Gasteiger partial charge in [0.1, 0.15) is 17.3 Å². The molecule has 0 spiro atoms. The molecule has 0 bridgehead atoms. The third kappa shape index (κ3) is 4.63. The van der Waals surface area contributed by atoms with E-state index < -0.39 is 21.7 Å². The Hall–Kier alpha value is -4.18. The molecule has 0 unspecified atom stereocenters. The third-order valence-corrected chi connectivity index (χ3v) is 8.09. The molecule has 1 aliphatic rings. The highest BCUT2D eigenvalue weighted by atomic mass is 32.2. The number of sulfonamides is 1. The number of rotatable bonds is 7. The number of anilines is 1. The number of para-hydroxylation sites is 1. The van der Waals surface area contributed by atoms with E-state index in [0.717, 1.165) is 17.7 Å². The summed E-state index contributed by atoms with van der Waals surface area (Å²) in [6, 6.07) is 15.7. The molecule has 0 fully saturated rings. The zero-order valence-corrected chi connectivity index (χ0v) is 21.5. The van der Waals surface area contributed by atoms with Gasteiger partial charge in [-0.05, 0) is 55.3 Å². The van der Waals surface area contributed by atoms with Crippen LogP contribution in [-0.4, -0.2) is 26.1 Å². The van der Waals surface area contributed by atoms with Crippen molar-refractivity contribution in [2.24, 2.45) is 7.05 Å². The van der Waals surface area contributed by atoms with Crippen molar-refractivity contribution in [2.75, 3.05) is 17.5 Å². The average Bonchev–Trinajstić information content (AvgIpc) is 3.33. The molecule has 0 saturated heterocycles. The maximum Gasteiger partial charge on any atom is 0.264 e. The second-order valence-electron chi connectivity index (χ2n) is 8.72. The molecule has 196 valence electrons. The number of halogens is 2. The largest absolute Gasteiger partial charge is 0.493 e. The van der Waals surface area contributed by atoms with Crippen LogP contribution < -0.4 is 19.3 Å². The lowest BCUT2D eigenvalue weighted by Crippen LogP contribution is -2.29. The minimum Gasteiger partial charge on any atom is -0.493 e. The van der Waals surface area contributed by atoms with Crippen molar-refractivity contribution >= 4 is 15.7 Å². The van der Waals surface area contributed by atoms with Crippen molar-refractivity contribution in [1.29, 1.82) is 0 Å². The van der Waals surface area contributed by atoms with Crippen LogP contribution in [0.1, 0.15) is 12.5 Å². The van der Waals surface area contributed by atoms with Crippen LogP contribution in [0.2, 0.25) is 0 Å². The molecule has 1 aliphatic heterocycles. The first kappa shape index (κ1) is 25.5. The molecule has 10 heteroatoms. The zero-order chi connectivity index (χ0) is 27.0. The highest BCUT2D eigenvalue weighted by Gasteiger charge is 2.31. The fourth-order valence-electron chi connectivity index (χ4n) is 4.42. The number of nitrogens with zero attached hydrogens (tertiary/aromatic N) is 2. The van der Waals surface area contributed by atoms with Gasteiger partial charge < -0.3 is 14.0 Å². The standard InChI is InChI=1S/C28H24F2N2O5S/c1-3-36-27-16-28(33)31(2)17-22(27)21-15-20(9-11-25(21)37-26-10-8-19(29)14-23(26)30)38(34,35)32-13-12-18-6-4-5-7-24(18)32/h4-11,14-17H,3,12-13H2,1-2H3. The Kier molecular flexibility index (Phi) is 6.66. The predicted molar refractivity (Wildman–Crippen MR) is 139 cm³/mol. The van der Waals surface area contributed by atoms with Crippen LogP contribution in [0.25, 0.3) is 11.1 Å². The molecule has 0 atom stereocenters. The van der Waals surface area contributed by atoms with Gasteiger partial charge in [-0.15, -0.1) is 0 Å². The summed E-state index contributed by atoms with van der Waals surface area (Å²) >= 11 is 0. The van der Waals surface area contributed by atoms with Crippen molar-refractivity contribution in [1.82, 2.24) is 4.57 Å². The number of fused-ring (bicyclic) bond motifs is 1. The van der Waals surface area contributed by atoms with E-state index >= 15 is 0 Å². The Morgan fingerprint density at radius 3 is 2.45 bits per heavy atom. The van der Waals surface area contributed by atoms with Gasteiger partial charge in [0.15, 0.2) is 11.6 Å². The van der Waals surface area contributed by atoms with Crippen molar-refractivity contribution in [3.8, 4) is 28.4 Å². The minimum absolute atomic E-state index is 0.0209. The number of hydrogen-bond acceptors (Lipinski definition) is 5. The van der Waals surface area contributed by atoms with Gasteiger partial charge in [0.2, 0.25) is 0 Å². The first-order chi connectivity index (χ1) is 18.2. The van der Waals surface area contributed by atoms with Crippen LogP contribution in [0.3, 0.4) is 0 Å². The van der Waals surface area contributed by atoms with E-state index in [0.29, 0.717) is 30.3 Å². The molecule has 2 heterocycles. The smallest absolute Gasteiger partial charge is 0.264 e. The topological polar surface area (TPSA) is 77.8 Å². The molecule has 5 rings (SSSR count). The Bertz CT molecular complexity index is 1700. The maximum atomic E-state index is 14.5. The summed E-state index contributed by atoms with van der Waals surface area (Å²) in [5.74, 6) is -1.64. The molecule has 4 aromatic rings. The van der Waals surface area contributed by atoms with Gasteiger partial charge in [-0.3, -0.25) is 9.10 Å². The molecule has 0 N–H and O–H groups in total. The lowest BCUT2D eigenvalue weighted by Gasteiger charge is -2.21. The minimum atomic E-state index is -3.98. The highest BCUT2D eigenvalue weighted by molar-refractivity contribution is 7.92. The Morgan fingerprint density at radius 1 is 0.921 bits per heavy atom. The molecule has 0 radical (unpaired) electrons. The van der Waals surface area contributed by atoms with Crippen molar-refractivity contribution in [2.45, 2.75) is 18.2 Å². The van der Waals surface area contributed by atoms with Gasteiger partial charge in [-0.2, -0.15) is 0 Å². The molecular formula is C28H24F2N2O5S. The molecule has 1 aromatic heterocycles. The fourth-order valence-corrected chi connectivity index (χ4v) is 5.95. The van der Waals surface area contributed by atoms with E-state index in [1.54, 1.807) is 26.1 Å². The second-order valence-corrected chi connectivity index (χ2v) is 10.6. The van der Waals surface area contributed by atoms with E-state index in [4.69, 9.17) is 9.47 Å². The van der Waals surface area contributed by atoms with Gasteiger partial charge in [0.05, 0.1) is 17.2 Å². The van der Waals surface area contributed by atoms with Gasteiger partial charge in [0, 0.05) is 43.0 Å². The van der Waals surface area contributed by atoms with E-state index in [2.05, 4.69) is 0 Å². The van der Waals surface area contributed by atoms with Crippen LogP contribution in [-0.2, 0) is 23.5 Å². The number of ether oxygens (including phenoxy) is 2. The summed E-state index contributed by atoms with van der Waals surface area (Å²) in [6.45, 7) is 2.28. The van der Waals surface area contributed by atoms with Crippen LogP contribution >= 0.6 is 0 Å². The molecular weight excluding hydrogens is 514 g/mol. The lowest BCUT2D eigenvalue weighted by molar-refractivity contribution is 0.340. The normalized spacial score (nSPS) is 12.9. The number of benzene rings is 3. The van der Waals surface area contributed by atoms with Gasteiger partial charge >= 0.3 is 0 Å². The van der Waals surface area contributed by atoms with Gasteiger partial charge in [-0.1, -0.05) is 18.2 Å². The van der Waals surface area contributed by atoms with Crippen molar-refractivity contribution in [3.63, 3.8) is 0 Å². The van der Waals surface area contributed by atoms with Crippen LogP contribution in [0.4, 0.5) is 14.5 Å². The van der Waals surface area contributed by atoms with Crippen molar-refractivity contribution in [3.05, 3.63) is 100 Å². The van der Waals surface area contributed by atoms with Gasteiger partial charge in [-0.25, -0.2) is 17.2 Å². The van der Waals surface area contributed by atoms with Crippen molar-refractivity contribution < 1.29 is 26.7 Å². The van der Waals surface area contributed by atoms with E-state index in [9.17, 15) is 22.0 Å². The first-order valence-electron chi connectivity index (χ1n) is 11.9. The predicted octanol–water partition coefficient (Wildman–Crippen LogP) is 5.27. The molecule has 0 amide bonds. The van der Waals surface area contributed by atoms with E-state index in [1.807, 2.05) is 12.1 Å². The number of hydrogen-bond donors (Lipinski definition) is 0. The Balaban J connectivity index is 1.68. The molecule has 3 aromatic carbocycles. The second kappa shape index (κ2) is 9.94. The highest BCUT2D eigenvalue weighted by Crippen LogP contribution is 2.41. The van der Waals surface area contributed by atoms with Gasteiger partial charge in [0.25, 0.3) is 15.6 Å². The number of aromatic nitrogens is 1. The average molecular weight is 539 g/mol. The molecule has 0 saturated carbocycles. The zero-order valence-electron chi connectivity index (χ0n) is 20.6. The molecule has 0 aliphatic carbocycles. The molecule has 38 heavy (non-hydrogen) atoms. The van der Waals surface area contributed by atoms with Crippen LogP contribution in [0.5, 0.6) is 17.2 Å². The molecule has 7 nitrogen and oxygen atoms in total. The summed E-state index contributed by atoms with van der Waals surface area (Å²) in [6.07, 6.45) is 2.08. The van der Waals surface area contributed by atoms with E-state index in [1.165, 1.54) is 39.3 Å². The quantitative estimate of drug-likeness (QED) is 0.320. The number of aryl methyl sites for hydroxylation is 1. The van der Waals surface area contributed by atoms with E-state index in [-0.39, 0.29) is 39.9 Å². The summed E-state index contributed by atoms with van der Waals surface area (Å²) < 4.78 is 69.6. The summed E-state index contributed by atoms with van der Waals surface area (Å²) in [5.41, 5.74) is 1.83. The Morgan fingerprint density at radius 2 is 1.68 bits per heavy atom. The summed E-state index contributed by atoms with van der Waals surface area (Å²) in [7, 11) is -2.44.